The minimum Gasteiger partial charge on any atom is -0.396 e. The molecule has 1 aliphatic carbocycles. The molecule has 0 spiro atoms. The van der Waals surface area contributed by atoms with Crippen LogP contribution >= 0.6 is 0 Å². The topological polar surface area (TPSA) is 75.6 Å². The van der Waals surface area contributed by atoms with Crippen molar-refractivity contribution in [3.05, 3.63) is 179 Å². The average Bonchev–Trinajstić information content (AvgIpc) is 3.19. The Hall–Kier alpha value is -4.18. The SMILES string of the molecule is OCCCOC1C(OCc2ccccc2)C(OCc2ccccc2)C(OCc2ccccc2)C(OCc2ccccc2)C1OCc1ccccc1. The summed E-state index contributed by atoms with van der Waals surface area (Å²) in [7, 11) is 0. The van der Waals surface area contributed by atoms with Gasteiger partial charge in [-0.15, -0.1) is 0 Å². The molecule has 1 N–H and O–H groups in total. The van der Waals surface area contributed by atoms with Gasteiger partial charge in [0.25, 0.3) is 0 Å². The fraction of sp³-hybridized carbons (Fsp3) is 0.318. The van der Waals surface area contributed by atoms with Crippen molar-refractivity contribution in [3.63, 3.8) is 0 Å². The van der Waals surface area contributed by atoms with Crippen molar-refractivity contribution < 1.29 is 33.5 Å². The maximum absolute atomic E-state index is 9.76. The van der Waals surface area contributed by atoms with Crippen molar-refractivity contribution in [2.24, 2.45) is 0 Å². The zero-order valence-electron chi connectivity index (χ0n) is 29.0. The van der Waals surface area contributed by atoms with Crippen LogP contribution in [-0.2, 0) is 61.5 Å². The molecule has 0 aromatic heterocycles. The molecule has 5 aromatic rings. The Morgan fingerprint density at radius 2 is 0.529 bits per heavy atom. The molecule has 51 heavy (non-hydrogen) atoms. The lowest BCUT2D eigenvalue weighted by Crippen LogP contribution is -2.67. The van der Waals surface area contributed by atoms with E-state index in [4.69, 9.17) is 28.4 Å². The van der Waals surface area contributed by atoms with Gasteiger partial charge in [-0.05, 0) is 34.2 Å². The van der Waals surface area contributed by atoms with Crippen molar-refractivity contribution in [3.8, 4) is 0 Å². The first-order valence-corrected chi connectivity index (χ1v) is 17.8. The van der Waals surface area contributed by atoms with Gasteiger partial charge < -0.3 is 33.5 Å². The molecule has 0 aliphatic heterocycles. The van der Waals surface area contributed by atoms with E-state index in [-0.39, 0.29) is 6.61 Å². The number of ether oxygens (including phenoxy) is 6. The fourth-order valence-electron chi connectivity index (χ4n) is 6.38. The molecule has 5 aromatic carbocycles. The molecular formula is C44H48O7. The average molecular weight is 689 g/mol. The van der Waals surface area contributed by atoms with E-state index in [1.165, 1.54) is 0 Å². The standard InChI is InChI=1S/C44H48O7/c45-27-16-28-46-39-40(47-29-34-17-6-1-7-18-34)42(49-31-36-21-10-3-11-22-36)44(51-33-38-25-14-5-15-26-38)43(50-32-37-23-12-4-13-24-37)41(39)48-30-35-19-8-2-9-20-35/h1-15,17-26,39-45H,16,27-33H2. The summed E-state index contributed by atoms with van der Waals surface area (Å²) in [4.78, 5) is 0. The van der Waals surface area contributed by atoms with E-state index in [1.807, 2.05) is 140 Å². The van der Waals surface area contributed by atoms with Crippen molar-refractivity contribution in [1.82, 2.24) is 0 Å². The highest BCUT2D eigenvalue weighted by atomic mass is 16.6. The van der Waals surface area contributed by atoms with Gasteiger partial charge in [0.2, 0.25) is 0 Å². The molecule has 0 bridgehead atoms. The zero-order chi connectivity index (χ0) is 34.9. The summed E-state index contributed by atoms with van der Waals surface area (Å²) in [6.07, 6.45) is -3.16. The maximum atomic E-state index is 9.76. The molecule has 266 valence electrons. The van der Waals surface area contributed by atoms with Gasteiger partial charge in [0.15, 0.2) is 0 Å². The van der Waals surface area contributed by atoms with Crippen LogP contribution < -0.4 is 0 Å². The summed E-state index contributed by atoms with van der Waals surface area (Å²) in [6, 6.07) is 50.5. The third kappa shape index (κ3) is 10.9. The van der Waals surface area contributed by atoms with Gasteiger partial charge in [-0.3, -0.25) is 0 Å². The highest BCUT2D eigenvalue weighted by Crippen LogP contribution is 2.36. The van der Waals surface area contributed by atoms with Gasteiger partial charge in [-0.2, -0.15) is 0 Å². The quantitative estimate of drug-likeness (QED) is 0.0892. The molecule has 0 amide bonds. The summed E-state index contributed by atoms with van der Waals surface area (Å²) >= 11 is 0. The molecule has 4 unspecified atom stereocenters. The number of hydrogen-bond acceptors (Lipinski definition) is 7. The molecular weight excluding hydrogens is 640 g/mol. The van der Waals surface area contributed by atoms with Crippen molar-refractivity contribution in [2.45, 2.75) is 76.1 Å². The normalized spacial score (nSPS) is 21.7. The van der Waals surface area contributed by atoms with Crippen LogP contribution in [0.4, 0.5) is 0 Å². The van der Waals surface area contributed by atoms with E-state index >= 15 is 0 Å². The zero-order valence-corrected chi connectivity index (χ0v) is 29.0. The van der Waals surface area contributed by atoms with Crippen LogP contribution in [0.5, 0.6) is 0 Å². The minimum atomic E-state index is -0.609. The first kappa shape index (κ1) is 36.6. The second-order valence-corrected chi connectivity index (χ2v) is 12.7. The monoisotopic (exact) mass is 688 g/mol. The van der Waals surface area contributed by atoms with E-state index in [9.17, 15) is 5.11 Å². The number of aliphatic hydroxyl groups excluding tert-OH is 1. The van der Waals surface area contributed by atoms with Gasteiger partial charge in [0.05, 0.1) is 33.0 Å². The van der Waals surface area contributed by atoms with Crippen LogP contribution in [0.3, 0.4) is 0 Å². The Labute approximate surface area is 301 Å². The first-order valence-electron chi connectivity index (χ1n) is 17.8. The van der Waals surface area contributed by atoms with Crippen LogP contribution in [0.15, 0.2) is 152 Å². The highest BCUT2D eigenvalue weighted by Gasteiger charge is 2.55. The summed E-state index contributed by atoms with van der Waals surface area (Å²) in [5, 5.41) is 9.76. The van der Waals surface area contributed by atoms with Crippen molar-refractivity contribution in [2.75, 3.05) is 13.2 Å². The molecule has 4 atom stereocenters. The Balaban J connectivity index is 1.40. The summed E-state index contributed by atoms with van der Waals surface area (Å²) in [5.41, 5.74) is 5.15. The van der Waals surface area contributed by atoms with Gasteiger partial charge in [0, 0.05) is 13.2 Å². The maximum Gasteiger partial charge on any atom is 0.116 e. The highest BCUT2D eigenvalue weighted by molar-refractivity contribution is 5.18. The number of rotatable bonds is 19. The van der Waals surface area contributed by atoms with Gasteiger partial charge in [-0.25, -0.2) is 0 Å². The molecule has 1 fully saturated rings. The lowest BCUT2D eigenvalue weighted by molar-refractivity contribution is -0.290. The molecule has 6 rings (SSSR count). The van der Waals surface area contributed by atoms with Crippen molar-refractivity contribution in [1.29, 1.82) is 0 Å². The Bertz CT molecular complexity index is 1540. The number of hydrogen-bond donors (Lipinski definition) is 1. The molecule has 0 saturated heterocycles. The smallest absolute Gasteiger partial charge is 0.116 e. The van der Waals surface area contributed by atoms with Gasteiger partial charge in [0.1, 0.15) is 36.6 Å². The minimum absolute atomic E-state index is 0.00246. The van der Waals surface area contributed by atoms with Gasteiger partial charge in [-0.1, -0.05) is 152 Å². The lowest BCUT2D eigenvalue weighted by Gasteiger charge is -2.49. The molecule has 1 saturated carbocycles. The first-order chi connectivity index (χ1) is 25.3. The third-order valence-electron chi connectivity index (χ3n) is 8.98. The summed E-state index contributed by atoms with van der Waals surface area (Å²) in [5.74, 6) is 0. The predicted molar refractivity (Wildman–Crippen MR) is 197 cm³/mol. The van der Waals surface area contributed by atoms with E-state index in [0.29, 0.717) is 46.1 Å². The Kier molecular flexibility index (Phi) is 14.4. The Morgan fingerprint density at radius 3 is 0.745 bits per heavy atom. The molecule has 1 aliphatic rings. The Morgan fingerprint density at radius 1 is 0.314 bits per heavy atom. The van der Waals surface area contributed by atoms with Crippen LogP contribution in [0.2, 0.25) is 0 Å². The predicted octanol–water partition coefficient (Wildman–Crippen LogP) is 7.69. The summed E-state index contributed by atoms with van der Waals surface area (Å²) < 4.78 is 41.1. The van der Waals surface area contributed by atoms with Crippen molar-refractivity contribution >= 4 is 0 Å². The van der Waals surface area contributed by atoms with Gasteiger partial charge >= 0.3 is 0 Å². The third-order valence-corrected chi connectivity index (χ3v) is 8.98. The molecule has 7 heteroatoms. The van der Waals surface area contributed by atoms with E-state index < -0.39 is 36.6 Å². The number of aliphatic hydroxyl groups is 1. The lowest BCUT2D eigenvalue weighted by atomic mass is 9.83. The van der Waals surface area contributed by atoms with E-state index in [0.717, 1.165) is 27.8 Å². The fourth-order valence-corrected chi connectivity index (χ4v) is 6.38. The van der Waals surface area contributed by atoms with E-state index in [1.54, 1.807) is 0 Å². The van der Waals surface area contributed by atoms with Crippen LogP contribution in [0.1, 0.15) is 34.2 Å². The second kappa shape index (κ2) is 20.0. The second-order valence-electron chi connectivity index (χ2n) is 12.7. The molecule has 0 radical (unpaired) electrons. The largest absolute Gasteiger partial charge is 0.396 e. The van der Waals surface area contributed by atoms with E-state index in [2.05, 4.69) is 12.1 Å². The van der Waals surface area contributed by atoms with Crippen LogP contribution in [-0.4, -0.2) is 54.9 Å². The van der Waals surface area contributed by atoms with Crippen LogP contribution in [0.25, 0.3) is 0 Å². The van der Waals surface area contributed by atoms with Crippen LogP contribution in [0, 0.1) is 0 Å². The number of benzene rings is 5. The molecule has 0 heterocycles. The summed E-state index contributed by atoms with van der Waals surface area (Å²) in [6.45, 7) is 2.01. The molecule has 7 nitrogen and oxygen atoms in total.